The molecule has 0 aliphatic carbocycles. The second-order valence-corrected chi connectivity index (χ2v) is 5.87. The number of esters is 2. The molecule has 2 aromatic carbocycles. The third-order valence-electron chi connectivity index (χ3n) is 3.32. The maximum atomic E-state index is 12.2. The van der Waals surface area contributed by atoms with Gasteiger partial charge in [-0.1, -0.05) is 42.5 Å². The van der Waals surface area contributed by atoms with Gasteiger partial charge < -0.3 is 14.8 Å². The number of carbonyl (C=O) groups is 3. The Morgan fingerprint density at radius 2 is 1.62 bits per heavy atom. The first kappa shape index (κ1) is 19.2. The molecule has 0 fully saturated rings. The molecule has 1 amide bonds. The van der Waals surface area contributed by atoms with E-state index in [1.165, 1.54) is 6.07 Å². The van der Waals surface area contributed by atoms with Gasteiger partial charge in [-0.05, 0) is 31.5 Å². The Hall–Kier alpha value is -3.15. The molecule has 136 valence electrons. The topological polar surface area (TPSA) is 81.7 Å². The van der Waals surface area contributed by atoms with Crippen molar-refractivity contribution in [2.75, 3.05) is 11.9 Å². The Labute approximate surface area is 152 Å². The Balaban J connectivity index is 1.99. The van der Waals surface area contributed by atoms with Crippen molar-refractivity contribution in [3.8, 4) is 0 Å². The van der Waals surface area contributed by atoms with Crippen LogP contribution in [0.15, 0.2) is 54.6 Å². The fraction of sp³-hybridized carbons (Fsp3) is 0.250. The number of anilines is 1. The molecule has 6 heteroatoms. The van der Waals surface area contributed by atoms with Gasteiger partial charge in [-0.25, -0.2) is 9.59 Å². The zero-order valence-corrected chi connectivity index (χ0v) is 14.7. The van der Waals surface area contributed by atoms with E-state index >= 15 is 0 Å². The van der Waals surface area contributed by atoms with Crippen molar-refractivity contribution in [3.63, 3.8) is 0 Å². The third-order valence-corrected chi connectivity index (χ3v) is 3.32. The van der Waals surface area contributed by atoms with Gasteiger partial charge in [0, 0.05) is 0 Å². The van der Waals surface area contributed by atoms with E-state index in [-0.39, 0.29) is 24.0 Å². The maximum absolute atomic E-state index is 12.2. The van der Waals surface area contributed by atoms with Crippen molar-refractivity contribution in [2.45, 2.75) is 26.4 Å². The number of nitrogens with one attached hydrogen (secondary N) is 1. The summed E-state index contributed by atoms with van der Waals surface area (Å²) in [5, 5.41) is 2.70. The quantitative estimate of drug-likeness (QED) is 0.772. The van der Waals surface area contributed by atoms with E-state index in [9.17, 15) is 14.4 Å². The number of para-hydroxylation sites is 1. The predicted molar refractivity (Wildman–Crippen MR) is 96.7 cm³/mol. The molecule has 26 heavy (non-hydrogen) atoms. The molecule has 1 N–H and O–H groups in total. The van der Waals surface area contributed by atoms with Crippen molar-refractivity contribution in [2.24, 2.45) is 0 Å². The van der Waals surface area contributed by atoms with Crippen LogP contribution in [0.1, 0.15) is 29.8 Å². The van der Waals surface area contributed by atoms with E-state index in [1.807, 2.05) is 30.3 Å². The molecule has 0 spiro atoms. The monoisotopic (exact) mass is 355 g/mol. The number of rotatable bonds is 7. The Bertz CT molecular complexity index is 771. The highest BCUT2D eigenvalue weighted by Gasteiger charge is 2.16. The molecular formula is C20H21NO5. The molecule has 0 saturated carbocycles. The lowest BCUT2D eigenvalue weighted by molar-refractivity contribution is -0.151. The minimum absolute atomic E-state index is 0.172. The molecule has 0 heterocycles. The molecule has 6 nitrogen and oxygen atoms in total. The molecule has 0 aromatic heterocycles. The molecule has 0 radical (unpaired) electrons. The molecule has 0 atom stereocenters. The normalized spacial score (nSPS) is 10.3. The fourth-order valence-corrected chi connectivity index (χ4v) is 2.24. The summed E-state index contributed by atoms with van der Waals surface area (Å²) in [6, 6.07) is 15.7. The van der Waals surface area contributed by atoms with E-state index in [4.69, 9.17) is 9.47 Å². The van der Waals surface area contributed by atoms with Gasteiger partial charge in [0.2, 0.25) is 5.91 Å². The van der Waals surface area contributed by atoms with Crippen LogP contribution < -0.4 is 5.32 Å². The van der Waals surface area contributed by atoms with Crippen LogP contribution in [-0.2, 0) is 25.5 Å². The average molecular weight is 355 g/mol. The molecule has 2 aromatic rings. The first-order chi connectivity index (χ1) is 12.5. The molecule has 0 aliphatic rings. The highest BCUT2D eigenvalue weighted by Crippen LogP contribution is 2.17. The minimum Gasteiger partial charge on any atom is -0.460 e. The highest BCUT2D eigenvalue weighted by atomic mass is 16.6. The van der Waals surface area contributed by atoms with Crippen LogP contribution in [0.5, 0.6) is 0 Å². The summed E-state index contributed by atoms with van der Waals surface area (Å²) in [4.78, 5) is 35.9. The zero-order chi connectivity index (χ0) is 18.9. The lowest BCUT2D eigenvalue weighted by Crippen LogP contribution is -2.21. The molecular weight excluding hydrogens is 334 g/mol. The second kappa shape index (κ2) is 9.36. The molecule has 2 rings (SSSR count). The Morgan fingerprint density at radius 1 is 0.962 bits per heavy atom. The van der Waals surface area contributed by atoms with Gasteiger partial charge in [0.1, 0.15) is 0 Å². The Morgan fingerprint density at radius 3 is 2.31 bits per heavy atom. The maximum Gasteiger partial charge on any atom is 0.344 e. The standard InChI is InChI=1S/C20H21NO5/c1-14(2)26-19(23)13-25-20(24)16-10-6-7-11-17(16)21-18(22)12-15-8-4-3-5-9-15/h3-11,14H,12-13H2,1-2H3,(H,21,22). The van der Waals surface area contributed by atoms with Crippen LogP contribution in [0.25, 0.3) is 0 Å². The predicted octanol–water partition coefficient (Wildman–Crippen LogP) is 2.98. The fourth-order valence-electron chi connectivity index (χ4n) is 2.24. The largest absolute Gasteiger partial charge is 0.460 e. The number of carbonyl (C=O) groups excluding carboxylic acids is 3. The van der Waals surface area contributed by atoms with E-state index < -0.39 is 18.5 Å². The SMILES string of the molecule is CC(C)OC(=O)COC(=O)c1ccccc1NC(=O)Cc1ccccc1. The minimum atomic E-state index is -0.707. The second-order valence-electron chi connectivity index (χ2n) is 5.87. The number of hydrogen-bond donors (Lipinski definition) is 1. The molecule has 0 unspecified atom stereocenters. The third kappa shape index (κ3) is 6.05. The van der Waals surface area contributed by atoms with Gasteiger partial charge in [0.15, 0.2) is 6.61 Å². The van der Waals surface area contributed by atoms with Gasteiger partial charge in [-0.3, -0.25) is 4.79 Å². The summed E-state index contributed by atoms with van der Waals surface area (Å²) < 4.78 is 9.88. The van der Waals surface area contributed by atoms with Crippen molar-refractivity contribution >= 4 is 23.5 Å². The number of hydrogen-bond acceptors (Lipinski definition) is 5. The lowest BCUT2D eigenvalue weighted by atomic mass is 10.1. The van der Waals surface area contributed by atoms with E-state index in [2.05, 4.69) is 5.32 Å². The molecule has 0 aliphatic heterocycles. The van der Waals surface area contributed by atoms with Crippen molar-refractivity contribution in [3.05, 3.63) is 65.7 Å². The van der Waals surface area contributed by atoms with Crippen molar-refractivity contribution < 1.29 is 23.9 Å². The average Bonchev–Trinajstić information content (AvgIpc) is 2.60. The smallest absolute Gasteiger partial charge is 0.344 e. The van der Waals surface area contributed by atoms with Crippen LogP contribution in [-0.4, -0.2) is 30.6 Å². The lowest BCUT2D eigenvalue weighted by Gasteiger charge is -2.12. The van der Waals surface area contributed by atoms with Crippen LogP contribution in [0.3, 0.4) is 0 Å². The van der Waals surface area contributed by atoms with Crippen LogP contribution in [0, 0.1) is 0 Å². The van der Waals surface area contributed by atoms with E-state index in [0.717, 1.165) is 5.56 Å². The summed E-state index contributed by atoms with van der Waals surface area (Å²) in [6.45, 7) is 2.93. The van der Waals surface area contributed by atoms with Crippen LogP contribution >= 0.6 is 0 Å². The Kier molecular flexibility index (Phi) is 6.91. The first-order valence-electron chi connectivity index (χ1n) is 8.25. The van der Waals surface area contributed by atoms with Crippen molar-refractivity contribution in [1.29, 1.82) is 0 Å². The summed E-state index contributed by atoms with van der Waals surface area (Å²) in [5.74, 6) is -1.59. The summed E-state index contributed by atoms with van der Waals surface area (Å²) in [5.41, 5.74) is 1.36. The van der Waals surface area contributed by atoms with Gasteiger partial charge >= 0.3 is 11.9 Å². The van der Waals surface area contributed by atoms with Crippen LogP contribution in [0.2, 0.25) is 0 Å². The first-order valence-corrected chi connectivity index (χ1v) is 8.25. The molecule has 0 bridgehead atoms. The van der Waals surface area contributed by atoms with E-state index in [1.54, 1.807) is 32.0 Å². The number of ether oxygens (including phenoxy) is 2. The zero-order valence-electron chi connectivity index (χ0n) is 14.7. The number of amides is 1. The summed E-state index contributed by atoms with van der Waals surface area (Å²) >= 11 is 0. The highest BCUT2D eigenvalue weighted by molar-refractivity contribution is 6.02. The van der Waals surface area contributed by atoms with E-state index in [0.29, 0.717) is 5.69 Å². The van der Waals surface area contributed by atoms with Gasteiger partial charge in [-0.2, -0.15) is 0 Å². The van der Waals surface area contributed by atoms with Gasteiger partial charge in [0.05, 0.1) is 23.8 Å². The van der Waals surface area contributed by atoms with Gasteiger partial charge in [0.25, 0.3) is 0 Å². The van der Waals surface area contributed by atoms with Crippen molar-refractivity contribution in [1.82, 2.24) is 0 Å². The summed E-state index contributed by atoms with van der Waals surface area (Å²) in [6.07, 6.45) is -0.101. The number of benzene rings is 2. The molecule has 0 saturated heterocycles. The van der Waals surface area contributed by atoms with Gasteiger partial charge in [-0.15, -0.1) is 0 Å². The summed E-state index contributed by atoms with van der Waals surface area (Å²) in [7, 11) is 0. The van der Waals surface area contributed by atoms with Crippen LogP contribution in [0.4, 0.5) is 5.69 Å².